The van der Waals surface area contributed by atoms with Crippen LogP contribution in [0, 0.1) is 0 Å². The number of carbonyl (C=O) groups is 2. The summed E-state index contributed by atoms with van der Waals surface area (Å²) in [5.41, 5.74) is 2.70. The van der Waals surface area contributed by atoms with Crippen molar-refractivity contribution in [3.63, 3.8) is 0 Å². The number of rotatable bonds is 3. The molecule has 5 nitrogen and oxygen atoms in total. The van der Waals surface area contributed by atoms with Gasteiger partial charge in [-0.25, -0.2) is 0 Å². The third-order valence-electron chi connectivity index (χ3n) is 3.42. The third kappa shape index (κ3) is 3.43. The fraction of sp³-hybridized carbons (Fsp3) is 0.333. The Morgan fingerprint density at radius 1 is 1.29 bits per heavy atom. The average Bonchev–Trinajstić information content (AvgIpc) is 2.38. The van der Waals surface area contributed by atoms with Gasteiger partial charge in [-0.05, 0) is 30.7 Å². The Hall–Kier alpha value is -1.85. The Labute approximate surface area is 129 Å². The van der Waals surface area contributed by atoms with Crippen molar-refractivity contribution >= 4 is 29.1 Å². The van der Waals surface area contributed by atoms with E-state index in [9.17, 15) is 9.59 Å². The highest BCUT2D eigenvalue weighted by Crippen LogP contribution is 2.24. The van der Waals surface area contributed by atoms with Gasteiger partial charge in [-0.15, -0.1) is 0 Å². The zero-order valence-electron chi connectivity index (χ0n) is 12.3. The molecule has 0 radical (unpaired) electrons. The molecule has 0 spiro atoms. The van der Waals surface area contributed by atoms with Crippen molar-refractivity contribution in [1.29, 1.82) is 0 Å². The lowest BCUT2D eigenvalue weighted by Gasteiger charge is -2.21. The Bertz CT molecular complexity index is 617. The SMILES string of the molecule is CC(C(=O)Nc1cc(C(=O)N(C)C)ccc1Cl)=C1CNC1. The summed E-state index contributed by atoms with van der Waals surface area (Å²) in [6, 6.07) is 4.85. The molecule has 0 bridgehead atoms. The van der Waals surface area contributed by atoms with Crippen LogP contribution in [0.4, 0.5) is 5.69 Å². The van der Waals surface area contributed by atoms with Gasteiger partial charge in [-0.3, -0.25) is 9.59 Å². The molecule has 0 aromatic heterocycles. The van der Waals surface area contributed by atoms with Gasteiger partial charge in [-0.2, -0.15) is 0 Å². The monoisotopic (exact) mass is 307 g/mol. The van der Waals surface area contributed by atoms with Crippen molar-refractivity contribution < 1.29 is 9.59 Å². The van der Waals surface area contributed by atoms with Gasteiger partial charge in [0.15, 0.2) is 0 Å². The van der Waals surface area contributed by atoms with Crippen LogP contribution in [0.15, 0.2) is 29.3 Å². The smallest absolute Gasteiger partial charge is 0.253 e. The first-order valence-corrected chi connectivity index (χ1v) is 7.00. The standard InChI is InChI=1S/C15H18ClN3O2/c1-9(11-7-17-8-11)14(20)18-13-6-10(4-5-12(13)16)15(21)19(2)3/h4-6,17H,7-8H2,1-3H3,(H,18,20). The minimum atomic E-state index is -0.192. The molecular weight excluding hydrogens is 290 g/mol. The van der Waals surface area contributed by atoms with Crippen LogP contribution in [0.25, 0.3) is 0 Å². The summed E-state index contributed by atoms with van der Waals surface area (Å²) in [6.45, 7) is 3.27. The summed E-state index contributed by atoms with van der Waals surface area (Å²) < 4.78 is 0. The molecule has 2 amide bonds. The molecule has 1 heterocycles. The maximum absolute atomic E-state index is 12.2. The molecule has 6 heteroatoms. The van der Waals surface area contributed by atoms with Crippen LogP contribution in [0.1, 0.15) is 17.3 Å². The molecule has 1 aromatic rings. The fourth-order valence-corrected chi connectivity index (χ4v) is 2.07. The van der Waals surface area contributed by atoms with Gasteiger partial charge < -0.3 is 15.5 Å². The number of hydrogen-bond donors (Lipinski definition) is 2. The third-order valence-corrected chi connectivity index (χ3v) is 3.74. The lowest BCUT2D eigenvalue weighted by molar-refractivity contribution is -0.112. The molecule has 0 aliphatic carbocycles. The van der Waals surface area contributed by atoms with Gasteiger partial charge in [0.2, 0.25) is 0 Å². The second-order valence-corrected chi connectivity index (χ2v) is 5.59. The van der Waals surface area contributed by atoms with Gasteiger partial charge in [-0.1, -0.05) is 11.6 Å². The van der Waals surface area contributed by atoms with Crippen LogP contribution in [0.2, 0.25) is 5.02 Å². The molecule has 1 aromatic carbocycles. The molecule has 2 rings (SSSR count). The number of benzene rings is 1. The molecule has 1 aliphatic rings. The summed E-state index contributed by atoms with van der Waals surface area (Å²) in [6.07, 6.45) is 0. The second kappa shape index (κ2) is 6.28. The van der Waals surface area contributed by atoms with Gasteiger partial charge in [0.25, 0.3) is 11.8 Å². The van der Waals surface area contributed by atoms with Crippen molar-refractivity contribution in [3.05, 3.63) is 39.9 Å². The van der Waals surface area contributed by atoms with Crippen LogP contribution in [0.3, 0.4) is 0 Å². The Morgan fingerprint density at radius 2 is 1.95 bits per heavy atom. The van der Waals surface area contributed by atoms with E-state index in [0.717, 1.165) is 18.7 Å². The molecule has 1 fully saturated rings. The zero-order valence-corrected chi connectivity index (χ0v) is 13.0. The van der Waals surface area contributed by atoms with Crippen molar-refractivity contribution in [3.8, 4) is 0 Å². The van der Waals surface area contributed by atoms with Crippen molar-refractivity contribution in [2.45, 2.75) is 6.92 Å². The predicted octanol–water partition coefficient (Wildman–Crippen LogP) is 1.90. The van der Waals surface area contributed by atoms with E-state index in [1.165, 1.54) is 4.90 Å². The van der Waals surface area contributed by atoms with E-state index in [4.69, 9.17) is 11.6 Å². The number of carbonyl (C=O) groups excluding carboxylic acids is 2. The van der Waals surface area contributed by atoms with E-state index in [2.05, 4.69) is 10.6 Å². The molecule has 1 saturated heterocycles. The molecule has 1 aliphatic heterocycles. The molecule has 112 valence electrons. The van der Waals surface area contributed by atoms with E-state index < -0.39 is 0 Å². The summed E-state index contributed by atoms with van der Waals surface area (Å²) >= 11 is 6.09. The Kier molecular flexibility index (Phi) is 4.65. The highest BCUT2D eigenvalue weighted by atomic mass is 35.5. The topological polar surface area (TPSA) is 61.4 Å². The first-order valence-electron chi connectivity index (χ1n) is 6.62. The minimum Gasteiger partial charge on any atom is -0.345 e. The maximum Gasteiger partial charge on any atom is 0.253 e. The second-order valence-electron chi connectivity index (χ2n) is 5.18. The van der Waals surface area contributed by atoms with E-state index in [1.54, 1.807) is 39.2 Å². The van der Waals surface area contributed by atoms with Gasteiger partial charge in [0.05, 0.1) is 10.7 Å². The Balaban J connectivity index is 2.21. The summed E-state index contributed by atoms with van der Waals surface area (Å²) in [5, 5.41) is 6.27. The van der Waals surface area contributed by atoms with Crippen LogP contribution < -0.4 is 10.6 Å². The fourth-order valence-electron chi connectivity index (χ4n) is 1.90. The molecule has 2 N–H and O–H groups in total. The lowest BCUT2D eigenvalue weighted by Crippen LogP contribution is -2.36. The number of anilines is 1. The highest BCUT2D eigenvalue weighted by Gasteiger charge is 2.17. The largest absolute Gasteiger partial charge is 0.345 e. The van der Waals surface area contributed by atoms with E-state index in [0.29, 0.717) is 21.8 Å². The van der Waals surface area contributed by atoms with E-state index in [1.807, 2.05) is 0 Å². The zero-order chi connectivity index (χ0) is 15.6. The molecular formula is C15H18ClN3O2. The van der Waals surface area contributed by atoms with Crippen LogP contribution in [-0.4, -0.2) is 43.9 Å². The van der Waals surface area contributed by atoms with E-state index in [-0.39, 0.29) is 11.8 Å². The van der Waals surface area contributed by atoms with Crippen LogP contribution >= 0.6 is 11.6 Å². The van der Waals surface area contributed by atoms with Gasteiger partial charge >= 0.3 is 0 Å². The van der Waals surface area contributed by atoms with Crippen LogP contribution in [0.5, 0.6) is 0 Å². The van der Waals surface area contributed by atoms with Crippen molar-refractivity contribution in [2.75, 3.05) is 32.5 Å². The summed E-state index contributed by atoms with van der Waals surface area (Å²) in [4.78, 5) is 25.6. The minimum absolute atomic E-state index is 0.138. The number of halogens is 1. The first-order chi connectivity index (χ1) is 9.90. The summed E-state index contributed by atoms with van der Waals surface area (Å²) in [5.74, 6) is -0.330. The van der Waals surface area contributed by atoms with Gasteiger partial charge in [0.1, 0.15) is 0 Å². The highest BCUT2D eigenvalue weighted by molar-refractivity contribution is 6.34. The van der Waals surface area contributed by atoms with Crippen molar-refractivity contribution in [1.82, 2.24) is 10.2 Å². The number of hydrogen-bond acceptors (Lipinski definition) is 3. The average molecular weight is 308 g/mol. The van der Waals surface area contributed by atoms with Gasteiger partial charge in [0, 0.05) is 38.3 Å². The molecule has 0 saturated carbocycles. The molecule has 0 atom stereocenters. The van der Waals surface area contributed by atoms with E-state index >= 15 is 0 Å². The number of amides is 2. The number of nitrogens with one attached hydrogen (secondary N) is 2. The number of nitrogens with zero attached hydrogens (tertiary/aromatic N) is 1. The maximum atomic E-state index is 12.2. The normalized spacial score (nSPS) is 13.4. The van der Waals surface area contributed by atoms with Crippen LogP contribution in [-0.2, 0) is 4.79 Å². The molecule has 21 heavy (non-hydrogen) atoms. The summed E-state index contributed by atoms with van der Waals surface area (Å²) in [7, 11) is 3.35. The lowest BCUT2D eigenvalue weighted by atomic mass is 10.0. The van der Waals surface area contributed by atoms with Crippen molar-refractivity contribution in [2.24, 2.45) is 0 Å². The Morgan fingerprint density at radius 3 is 2.48 bits per heavy atom. The quantitative estimate of drug-likeness (QED) is 0.839. The molecule has 0 unspecified atom stereocenters. The predicted molar refractivity (Wildman–Crippen MR) is 83.7 cm³/mol. The first kappa shape index (κ1) is 15.5.